The zero-order valence-corrected chi connectivity index (χ0v) is 25.9. The number of nitrogens with one attached hydrogen (secondary N) is 1. The molecular formula is C35H42FN3O6. The maximum Gasteiger partial charge on any atom is 0.321 e. The van der Waals surface area contributed by atoms with Crippen molar-refractivity contribution in [1.82, 2.24) is 9.80 Å². The monoisotopic (exact) mass is 619 g/mol. The minimum absolute atomic E-state index is 0.149. The number of benzene rings is 3. The van der Waals surface area contributed by atoms with Gasteiger partial charge in [0.1, 0.15) is 28.8 Å². The van der Waals surface area contributed by atoms with E-state index >= 15 is 0 Å². The van der Waals surface area contributed by atoms with Crippen LogP contribution >= 0.6 is 0 Å². The number of carbonyl (C=O) groups excluding carboxylic acids is 2. The summed E-state index contributed by atoms with van der Waals surface area (Å²) in [5, 5.41) is 23.8. The molecule has 3 amide bonds. The summed E-state index contributed by atoms with van der Waals surface area (Å²) in [7, 11) is 0. The quantitative estimate of drug-likeness (QED) is 0.230. The number of carbonyl (C=O) groups is 2. The summed E-state index contributed by atoms with van der Waals surface area (Å²) in [4.78, 5) is 29.4. The highest BCUT2D eigenvalue weighted by Crippen LogP contribution is 2.34. The Labute approximate surface area is 263 Å². The molecule has 0 bridgehead atoms. The Morgan fingerprint density at radius 2 is 1.47 bits per heavy atom. The lowest BCUT2D eigenvalue weighted by atomic mass is 9.81. The maximum absolute atomic E-state index is 13.5. The number of halogens is 1. The van der Waals surface area contributed by atoms with Crippen LogP contribution in [0, 0.1) is 11.7 Å². The summed E-state index contributed by atoms with van der Waals surface area (Å²) >= 11 is 0. The zero-order chi connectivity index (χ0) is 32.0. The summed E-state index contributed by atoms with van der Waals surface area (Å²) in [6.07, 6.45) is 3.92. The fourth-order valence-electron chi connectivity index (χ4n) is 5.96. The number of likely N-dealkylation sites (tertiary alicyclic amines) is 2. The third-order valence-corrected chi connectivity index (χ3v) is 8.77. The number of hydrogen-bond acceptors (Lipinski definition) is 6. The molecule has 5 rings (SSSR count). The number of anilines is 1. The van der Waals surface area contributed by atoms with Gasteiger partial charge in [-0.05, 0) is 80.1 Å². The number of aliphatic hydroxyl groups excluding tert-OH is 1. The van der Waals surface area contributed by atoms with Crippen LogP contribution in [0.15, 0.2) is 66.7 Å². The SMILES string of the molecule is CCC(CC)CC1(O)CCN(C(=O)Nc2cc(Oc3ccc(F)cc3)cc(Oc3ccc(C(=O)N4CCC(O)C4)cc3)c2)CC1. The van der Waals surface area contributed by atoms with Crippen LogP contribution in [0.5, 0.6) is 23.0 Å². The smallest absolute Gasteiger partial charge is 0.321 e. The summed E-state index contributed by atoms with van der Waals surface area (Å²) in [5.74, 6) is 1.56. The van der Waals surface area contributed by atoms with E-state index in [1.807, 2.05) is 0 Å². The van der Waals surface area contributed by atoms with Gasteiger partial charge < -0.3 is 34.8 Å². The van der Waals surface area contributed by atoms with Crippen LogP contribution in [-0.4, -0.2) is 69.8 Å². The van der Waals surface area contributed by atoms with E-state index in [-0.39, 0.29) is 17.8 Å². The summed E-state index contributed by atoms with van der Waals surface area (Å²) in [5.41, 5.74) is 0.172. The van der Waals surface area contributed by atoms with E-state index in [1.54, 1.807) is 52.3 Å². The molecule has 0 spiro atoms. The second-order valence-electron chi connectivity index (χ2n) is 12.1. The Bertz CT molecular complexity index is 1450. The number of aliphatic hydroxyl groups is 2. The second-order valence-corrected chi connectivity index (χ2v) is 12.1. The predicted octanol–water partition coefficient (Wildman–Crippen LogP) is 6.80. The van der Waals surface area contributed by atoms with Crippen LogP contribution in [0.3, 0.4) is 0 Å². The summed E-state index contributed by atoms with van der Waals surface area (Å²) < 4.78 is 25.5. The molecule has 10 heteroatoms. The van der Waals surface area contributed by atoms with Gasteiger partial charge in [0.2, 0.25) is 0 Å². The first-order valence-electron chi connectivity index (χ1n) is 15.7. The van der Waals surface area contributed by atoms with Crippen molar-refractivity contribution in [2.45, 2.75) is 64.1 Å². The summed E-state index contributed by atoms with van der Waals surface area (Å²) in [6, 6.07) is 17.0. The van der Waals surface area contributed by atoms with Crippen LogP contribution in [0.2, 0.25) is 0 Å². The topological polar surface area (TPSA) is 112 Å². The number of ether oxygens (including phenoxy) is 2. The maximum atomic E-state index is 13.5. The van der Waals surface area contributed by atoms with Gasteiger partial charge in [-0.1, -0.05) is 26.7 Å². The van der Waals surface area contributed by atoms with Crippen LogP contribution in [-0.2, 0) is 0 Å². The number of urea groups is 1. The Kier molecular flexibility index (Phi) is 10.2. The minimum Gasteiger partial charge on any atom is -0.457 e. The van der Waals surface area contributed by atoms with E-state index in [0.29, 0.717) is 85.6 Å². The molecule has 0 aromatic heterocycles. The molecule has 2 fully saturated rings. The molecule has 1 atom stereocenters. The van der Waals surface area contributed by atoms with Crippen molar-refractivity contribution >= 4 is 17.6 Å². The number of hydrogen-bond donors (Lipinski definition) is 3. The molecule has 240 valence electrons. The lowest BCUT2D eigenvalue weighted by Gasteiger charge is -2.39. The molecule has 0 aliphatic carbocycles. The Morgan fingerprint density at radius 1 is 0.889 bits per heavy atom. The highest BCUT2D eigenvalue weighted by molar-refractivity contribution is 5.94. The van der Waals surface area contributed by atoms with Gasteiger partial charge >= 0.3 is 6.03 Å². The van der Waals surface area contributed by atoms with Gasteiger partial charge in [-0.25, -0.2) is 9.18 Å². The Morgan fingerprint density at radius 3 is 2.00 bits per heavy atom. The Hall–Kier alpha value is -4.15. The van der Waals surface area contributed by atoms with Crippen molar-refractivity contribution < 1.29 is 33.7 Å². The van der Waals surface area contributed by atoms with Crippen molar-refractivity contribution in [2.75, 3.05) is 31.5 Å². The van der Waals surface area contributed by atoms with E-state index < -0.39 is 11.7 Å². The summed E-state index contributed by atoms with van der Waals surface area (Å²) in [6.45, 7) is 6.01. The first-order valence-corrected chi connectivity index (χ1v) is 15.7. The normalized spacial score (nSPS) is 17.8. The van der Waals surface area contributed by atoms with E-state index in [1.165, 1.54) is 24.3 Å². The second kappa shape index (κ2) is 14.3. The van der Waals surface area contributed by atoms with Crippen LogP contribution in [0.25, 0.3) is 0 Å². The van der Waals surface area contributed by atoms with Gasteiger partial charge in [-0.3, -0.25) is 4.79 Å². The molecule has 3 aromatic carbocycles. The molecule has 2 heterocycles. The lowest BCUT2D eigenvalue weighted by molar-refractivity contribution is -0.0309. The fourth-order valence-corrected chi connectivity index (χ4v) is 5.96. The van der Waals surface area contributed by atoms with Crippen molar-refractivity contribution in [3.05, 3.63) is 78.1 Å². The van der Waals surface area contributed by atoms with Gasteiger partial charge in [0.15, 0.2) is 0 Å². The zero-order valence-electron chi connectivity index (χ0n) is 25.9. The van der Waals surface area contributed by atoms with Crippen LogP contribution in [0.1, 0.15) is 62.7 Å². The van der Waals surface area contributed by atoms with Gasteiger partial charge in [-0.2, -0.15) is 0 Å². The molecule has 9 nitrogen and oxygen atoms in total. The van der Waals surface area contributed by atoms with Crippen molar-refractivity contribution in [2.24, 2.45) is 5.92 Å². The first-order chi connectivity index (χ1) is 21.6. The third-order valence-electron chi connectivity index (χ3n) is 8.77. The first kappa shape index (κ1) is 32.2. The molecule has 0 saturated carbocycles. The largest absolute Gasteiger partial charge is 0.457 e. The Balaban J connectivity index is 1.29. The molecule has 2 aliphatic heterocycles. The van der Waals surface area contributed by atoms with E-state index in [4.69, 9.17) is 9.47 Å². The van der Waals surface area contributed by atoms with E-state index in [2.05, 4.69) is 19.2 Å². The highest BCUT2D eigenvalue weighted by atomic mass is 19.1. The average Bonchev–Trinajstić information content (AvgIpc) is 3.47. The minimum atomic E-state index is -0.757. The molecule has 0 radical (unpaired) electrons. The van der Waals surface area contributed by atoms with Gasteiger partial charge in [0, 0.05) is 55.6 Å². The molecule has 45 heavy (non-hydrogen) atoms. The molecule has 2 saturated heterocycles. The van der Waals surface area contributed by atoms with Gasteiger partial charge in [-0.15, -0.1) is 0 Å². The number of amides is 3. The van der Waals surface area contributed by atoms with E-state index in [0.717, 1.165) is 19.3 Å². The number of piperidine rings is 1. The van der Waals surface area contributed by atoms with Gasteiger partial charge in [0.25, 0.3) is 5.91 Å². The van der Waals surface area contributed by atoms with E-state index in [9.17, 15) is 24.2 Å². The average molecular weight is 620 g/mol. The van der Waals surface area contributed by atoms with Crippen molar-refractivity contribution in [3.8, 4) is 23.0 Å². The molecule has 2 aliphatic rings. The molecular weight excluding hydrogens is 577 g/mol. The lowest BCUT2D eigenvalue weighted by Crippen LogP contribution is -2.48. The fraction of sp³-hybridized carbons (Fsp3) is 0.429. The molecule has 3 aromatic rings. The van der Waals surface area contributed by atoms with Crippen molar-refractivity contribution in [3.63, 3.8) is 0 Å². The van der Waals surface area contributed by atoms with Crippen molar-refractivity contribution in [1.29, 1.82) is 0 Å². The molecule has 3 N–H and O–H groups in total. The van der Waals surface area contributed by atoms with Crippen LogP contribution in [0.4, 0.5) is 14.9 Å². The predicted molar refractivity (Wildman–Crippen MR) is 169 cm³/mol. The third kappa shape index (κ3) is 8.52. The van der Waals surface area contributed by atoms with Crippen LogP contribution < -0.4 is 14.8 Å². The molecule has 1 unspecified atom stereocenters. The number of nitrogens with zero attached hydrogens (tertiary/aromatic N) is 2. The number of β-amino-alcohol motifs (C(OH)–C–C–N with tert-alkyl or cyclic N) is 1. The standard InChI is InChI=1S/C35H42FN3O6/c1-3-24(4-2)22-35(43)14-17-38(18-15-35)34(42)37-27-19-31(21-32(20-27)45-30-11-7-26(36)8-12-30)44-29-9-5-25(6-10-29)33(41)39-16-13-28(40)23-39/h5-12,19-21,24,28,40,43H,3-4,13-18,22-23H2,1-2H3,(H,37,42). The van der Waals surface area contributed by atoms with Gasteiger partial charge in [0.05, 0.1) is 11.7 Å². The number of rotatable bonds is 10. The highest BCUT2D eigenvalue weighted by Gasteiger charge is 2.35.